The standard InChI is InChI=1S/C14H12BrCl2NO/c1-19-13-6-5-10(7-11(13)15)18-8-9-3-2-4-12(16)14(9)17/h2-7,18H,8H2,1H3. The van der Waals surface area contributed by atoms with Gasteiger partial charge in [-0.25, -0.2) is 0 Å². The lowest BCUT2D eigenvalue weighted by Crippen LogP contribution is -2.00. The molecule has 0 aliphatic rings. The van der Waals surface area contributed by atoms with Crippen LogP contribution in [0.15, 0.2) is 40.9 Å². The van der Waals surface area contributed by atoms with Crippen LogP contribution in [-0.2, 0) is 6.54 Å². The van der Waals surface area contributed by atoms with Crippen LogP contribution in [0.3, 0.4) is 0 Å². The molecule has 0 bridgehead atoms. The lowest BCUT2D eigenvalue weighted by molar-refractivity contribution is 0.412. The largest absolute Gasteiger partial charge is 0.496 e. The summed E-state index contributed by atoms with van der Waals surface area (Å²) in [5.41, 5.74) is 1.94. The molecule has 0 heterocycles. The molecule has 0 unspecified atom stereocenters. The molecular weight excluding hydrogens is 349 g/mol. The second kappa shape index (κ2) is 6.51. The van der Waals surface area contributed by atoms with E-state index in [4.69, 9.17) is 27.9 Å². The molecule has 0 saturated heterocycles. The molecular formula is C14H12BrCl2NO. The summed E-state index contributed by atoms with van der Waals surface area (Å²) in [6.45, 7) is 0.609. The normalized spacial score (nSPS) is 10.3. The number of halogens is 3. The van der Waals surface area contributed by atoms with Crippen LogP contribution < -0.4 is 10.1 Å². The second-order valence-electron chi connectivity index (χ2n) is 3.92. The molecule has 2 rings (SSSR count). The van der Waals surface area contributed by atoms with E-state index in [0.29, 0.717) is 16.6 Å². The van der Waals surface area contributed by atoms with Crippen molar-refractivity contribution in [1.29, 1.82) is 0 Å². The molecule has 1 N–H and O–H groups in total. The first-order chi connectivity index (χ1) is 9.11. The van der Waals surface area contributed by atoms with Crippen molar-refractivity contribution >= 4 is 44.8 Å². The Balaban J connectivity index is 2.10. The summed E-state index contributed by atoms with van der Waals surface area (Å²) < 4.78 is 6.08. The Morgan fingerprint density at radius 1 is 1.21 bits per heavy atom. The first-order valence-corrected chi connectivity index (χ1v) is 7.17. The van der Waals surface area contributed by atoms with E-state index in [1.165, 1.54) is 0 Å². The van der Waals surface area contributed by atoms with E-state index in [1.54, 1.807) is 13.2 Å². The van der Waals surface area contributed by atoms with Crippen LogP contribution in [0.4, 0.5) is 5.69 Å². The van der Waals surface area contributed by atoms with E-state index in [-0.39, 0.29) is 0 Å². The molecule has 0 aromatic heterocycles. The number of rotatable bonds is 4. The predicted molar refractivity (Wildman–Crippen MR) is 84.5 cm³/mol. The highest BCUT2D eigenvalue weighted by atomic mass is 79.9. The first-order valence-electron chi connectivity index (χ1n) is 5.62. The summed E-state index contributed by atoms with van der Waals surface area (Å²) in [6, 6.07) is 11.4. The maximum atomic E-state index is 6.14. The van der Waals surface area contributed by atoms with Gasteiger partial charge in [-0.3, -0.25) is 0 Å². The molecule has 5 heteroatoms. The van der Waals surface area contributed by atoms with Gasteiger partial charge < -0.3 is 10.1 Å². The minimum absolute atomic E-state index is 0.567. The number of methoxy groups -OCH3 is 1. The Labute approximate surface area is 130 Å². The summed E-state index contributed by atoms with van der Waals surface area (Å²) >= 11 is 15.6. The first kappa shape index (κ1) is 14.5. The van der Waals surface area contributed by atoms with Crippen molar-refractivity contribution in [1.82, 2.24) is 0 Å². The van der Waals surface area contributed by atoms with E-state index in [9.17, 15) is 0 Å². The fourth-order valence-electron chi connectivity index (χ4n) is 1.66. The zero-order valence-electron chi connectivity index (χ0n) is 10.2. The van der Waals surface area contributed by atoms with Gasteiger partial charge in [0.2, 0.25) is 0 Å². The highest BCUT2D eigenvalue weighted by Gasteiger charge is 2.05. The van der Waals surface area contributed by atoms with E-state index in [0.717, 1.165) is 21.5 Å². The number of anilines is 1. The Kier molecular flexibility index (Phi) is 4.97. The van der Waals surface area contributed by atoms with Gasteiger partial charge in [-0.1, -0.05) is 35.3 Å². The molecule has 0 atom stereocenters. The van der Waals surface area contributed by atoms with Crippen LogP contribution in [0, 0.1) is 0 Å². The molecule has 2 aromatic rings. The molecule has 100 valence electrons. The molecule has 0 radical (unpaired) electrons. The fraction of sp³-hybridized carbons (Fsp3) is 0.143. The third-order valence-electron chi connectivity index (χ3n) is 2.67. The number of hydrogen-bond donors (Lipinski definition) is 1. The van der Waals surface area contributed by atoms with Crippen molar-refractivity contribution in [2.24, 2.45) is 0 Å². The molecule has 2 aromatic carbocycles. The summed E-state index contributed by atoms with van der Waals surface area (Å²) in [5.74, 6) is 0.798. The maximum Gasteiger partial charge on any atom is 0.133 e. The fourth-order valence-corrected chi connectivity index (χ4v) is 2.59. The lowest BCUT2D eigenvalue weighted by atomic mass is 10.2. The molecule has 19 heavy (non-hydrogen) atoms. The van der Waals surface area contributed by atoms with Crippen LogP contribution >= 0.6 is 39.1 Å². The van der Waals surface area contributed by atoms with Crippen molar-refractivity contribution < 1.29 is 4.74 Å². The van der Waals surface area contributed by atoms with Crippen molar-refractivity contribution in [3.8, 4) is 5.75 Å². The van der Waals surface area contributed by atoms with Gasteiger partial charge >= 0.3 is 0 Å². The zero-order chi connectivity index (χ0) is 13.8. The quantitative estimate of drug-likeness (QED) is 0.790. The summed E-state index contributed by atoms with van der Waals surface area (Å²) in [6.07, 6.45) is 0. The Hall–Kier alpha value is -0.900. The molecule has 0 amide bonds. The van der Waals surface area contributed by atoms with Crippen LogP contribution in [0.1, 0.15) is 5.56 Å². The monoisotopic (exact) mass is 359 g/mol. The maximum absolute atomic E-state index is 6.14. The van der Waals surface area contributed by atoms with Crippen molar-refractivity contribution in [3.05, 3.63) is 56.5 Å². The second-order valence-corrected chi connectivity index (χ2v) is 5.56. The van der Waals surface area contributed by atoms with Gasteiger partial charge in [0, 0.05) is 12.2 Å². The molecule has 0 saturated carbocycles. The topological polar surface area (TPSA) is 21.3 Å². The third kappa shape index (κ3) is 3.56. The minimum Gasteiger partial charge on any atom is -0.496 e. The molecule has 0 fully saturated rings. The highest BCUT2D eigenvalue weighted by Crippen LogP contribution is 2.29. The molecule has 0 aliphatic carbocycles. The minimum atomic E-state index is 0.567. The Morgan fingerprint density at radius 3 is 2.68 bits per heavy atom. The van der Waals surface area contributed by atoms with Gasteiger partial charge in [0.15, 0.2) is 0 Å². The Bertz CT molecular complexity index is 590. The average molecular weight is 361 g/mol. The average Bonchev–Trinajstić information content (AvgIpc) is 2.40. The van der Waals surface area contributed by atoms with Gasteiger partial charge in [-0.2, -0.15) is 0 Å². The van der Waals surface area contributed by atoms with Gasteiger partial charge in [0.1, 0.15) is 5.75 Å². The van der Waals surface area contributed by atoms with E-state index in [2.05, 4.69) is 21.2 Å². The molecule has 0 aliphatic heterocycles. The van der Waals surface area contributed by atoms with Gasteiger partial charge in [-0.05, 0) is 45.8 Å². The predicted octanol–water partition coefficient (Wildman–Crippen LogP) is 5.38. The van der Waals surface area contributed by atoms with Crippen LogP contribution in [0.5, 0.6) is 5.75 Å². The summed E-state index contributed by atoms with van der Waals surface area (Å²) in [7, 11) is 1.64. The van der Waals surface area contributed by atoms with E-state index < -0.39 is 0 Å². The smallest absolute Gasteiger partial charge is 0.133 e. The summed E-state index contributed by atoms with van der Waals surface area (Å²) in [5, 5.41) is 4.45. The van der Waals surface area contributed by atoms with Crippen molar-refractivity contribution in [2.75, 3.05) is 12.4 Å². The van der Waals surface area contributed by atoms with Gasteiger partial charge in [-0.15, -0.1) is 0 Å². The van der Waals surface area contributed by atoms with Crippen molar-refractivity contribution in [3.63, 3.8) is 0 Å². The van der Waals surface area contributed by atoms with Crippen LogP contribution in [0.2, 0.25) is 10.0 Å². The van der Waals surface area contributed by atoms with Gasteiger partial charge in [0.05, 0.1) is 21.6 Å². The number of hydrogen-bond acceptors (Lipinski definition) is 2. The number of nitrogens with one attached hydrogen (secondary N) is 1. The number of benzene rings is 2. The van der Waals surface area contributed by atoms with Crippen molar-refractivity contribution in [2.45, 2.75) is 6.54 Å². The van der Waals surface area contributed by atoms with Gasteiger partial charge in [0.25, 0.3) is 0 Å². The van der Waals surface area contributed by atoms with Crippen LogP contribution in [0.25, 0.3) is 0 Å². The molecule has 2 nitrogen and oxygen atoms in total. The SMILES string of the molecule is COc1ccc(NCc2cccc(Cl)c2Cl)cc1Br. The van der Waals surface area contributed by atoms with Crippen LogP contribution in [-0.4, -0.2) is 7.11 Å². The van der Waals surface area contributed by atoms with E-state index in [1.807, 2.05) is 30.3 Å². The molecule has 0 spiro atoms. The zero-order valence-corrected chi connectivity index (χ0v) is 13.3. The highest BCUT2D eigenvalue weighted by molar-refractivity contribution is 9.10. The number of ether oxygens (including phenoxy) is 1. The third-order valence-corrected chi connectivity index (χ3v) is 4.14. The van der Waals surface area contributed by atoms with E-state index >= 15 is 0 Å². The summed E-state index contributed by atoms with van der Waals surface area (Å²) in [4.78, 5) is 0. The lowest BCUT2D eigenvalue weighted by Gasteiger charge is -2.10. The Morgan fingerprint density at radius 2 is 2.00 bits per heavy atom.